The third-order valence-corrected chi connectivity index (χ3v) is 2.82. The van der Waals surface area contributed by atoms with Gasteiger partial charge in [0.25, 0.3) is 0 Å². The third kappa shape index (κ3) is 0.581. The molecule has 0 bridgehead atoms. The highest BCUT2D eigenvalue weighted by atomic mass is 16.4. The summed E-state index contributed by atoms with van der Waals surface area (Å²) < 4.78 is 0. The van der Waals surface area contributed by atoms with Crippen molar-refractivity contribution in [2.45, 2.75) is 0 Å². The highest BCUT2D eigenvalue weighted by Crippen LogP contribution is 2.60. The first-order valence-corrected chi connectivity index (χ1v) is 3.55. The summed E-state index contributed by atoms with van der Waals surface area (Å²) in [5.74, 6) is -1.13. The number of hydrogen-bond donors (Lipinski definition) is 1. The molecule has 59 valence electrons. The Morgan fingerprint density at radius 1 is 1.73 bits per heavy atom. The van der Waals surface area contributed by atoms with Crippen molar-refractivity contribution in [1.82, 2.24) is 5.32 Å². The Morgan fingerprint density at radius 3 is 2.82 bits per heavy atom. The number of hydrogen-bond acceptors (Lipinski definition) is 2. The zero-order valence-electron chi connectivity index (χ0n) is 5.86. The van der Waals surface area contributed by atoms with Crippen LogP contribution in [0.15, 0.2) is 0 Å². The van der Waals surface area contributed by atoms with Crippen LogP contribution < -0.4 is 5.32 Å². The number of nitrogens with zero attached hydrogens (tertiary/aromatic N) is 1. The van der Waals surface area contributed by atoms with E-state index in [0.717, 1.165) is 6.29 Å². The van der Waals surface area contributed by atoms with E-state index in [1.807, 2.05) is 0 Å². The van der Waals surface area contributed by atoms with Gasteiger partial charge in [0.2, 0.25) is 0 Å². The minimum atomic E-state index is -0.860. The van der Waals surface area contributed by atoms with Crippen molar-refractivity contribution >= 4 is 12.3 Å². The van der Waals surface area contributed by atoms with Crippen molar-refractivity contribution in [3.05, 3.63) is 0 Å². The molecule has 4 nitrogen and oxygen atoms in total. The number of fused-ring (bicyclic) bond motifs is 1. The van der Waals surface area contributed by atoms with Crippen LogP contribution in [0.1, 0.15) is 0 Å². The number of aliphatic carboxylic acids is 1. The SMILES string of the molecule is O=CC1C2C[N]CC12C(=O)O. The fourth-order valence-electron chi connectivity index (χ4n) is 2.02. The standard InChI is InChI=1S/C7H8NO3/c9-2-5-4-1-8-3-7(4,5)6(10)11/h2,4-5H,1,3H2,(H,10,11). The summed E-state index contributed by atoms with van der Waals surface area (Å²) in [6, 6.07) is 0. The molecule has 4 heteroatoms. The summed E-state index contributed by atoms with van der Waals surface area (Å²) in [7, 11) is 0. The van der Waals surface area contributed by atoms with E-state index in [0.29, 0.717) is 13.1 Å². The predicted molar refractivity (Wildman–Crippen MR) is 35.0 cm³/mol. The molecule has 2 rings (SSSR count). The van der Waals surface area contributed by atoms with Crippen molar-refractivity contribution in [2.24, 2.45) is 17.3 Å². The topological polar surface area (TPSA) is 68.5 Å². The van der Waals surface area contributed by atoms with Gasteiger partial charge in [-0.05, 0) is 0 Å². The first-order chi connectivity index (χ1) is 5.23. The lowest BCUT2D eigenvalue weighted by molar-refractivity contribution is -0.144. The molecule has 0 amide bonds. The quantitative estimate of drug-likeness (QED) is 0.525. The van der Waals surface area contributed by atoms with Gasteiger partial charge in [-0.2, -0.15) is 0 Å². The third-order valence-electron chi connectivity index (χ3n) is 2.82. The molecule has 11 heavy (non-hydrogen) atoms. The Bertz CT molecular complexity index is 228. The van der Waals surface area contributed by atoms with Gasteiger partial charge in [-0.1, -0.05) is 0 Å². The highest BCUT2D eigenvalue weighted by Gasteiger charge is 2.72. The Morgan fingerprint density at radius 2 is 2.45 bits per heavy atom. The predicted octanol–water partition coefficient (Wildman–Crippen LogP) is -0.880. The Hall–Kier alpha value is -0.900. The molecular formula is C7H8NO3. The number of carboxylic acids is 1. The van der Waals surface area contributed by atoms with E-state index in [9.17, 15) is 9.59 Å². The molecule has 2 fully saturated rings. The zero-order valence-corrected chi connectivity index (χ0v) is 5.86. The average Bonchev–Trinajstić information content (AvgIpc) is 2.38. The van der Waals surface area contributed by atoms with E-state index in [1.54, 1.807) is 0 Å². The van der Waals surface area contributed by atoms with Crippen LogP contribution in [0.3, 0.4) is 0 Å². The number of carbonyl (C=O) groups is 2. The molecule has 1 aliphatic carbocycles. The molecule has 0 aromatic heterocycles. The van der Waals surface area contributed by atoms with Gasteiger partial charge in [0.1, 0.15) is 6.29 Å². The largest absolute Gasteiger partial charge is 0.481 e. The van der Waals surface area contributed by atoms with E-state index in [2.05, 4.69) is 5.32 Å². The number of aldehydes is 1. The monoisotopic (exact) mass is 154 g/mol. The van der Waals surface area contributed by atoms with Gasteiger partial charge < -0.3 is 9.90 Å². The van der Waals surface area contributed by atoms with E-state index in [-0.39, 0.29) is 11.8 Å². The lowest BCUT2D eigenvalue weighted by Gasteiger charge is -2.03. The first-order valence-electron chi connectivity index (χ1n) is 3.55. The first kappa shape index (κ1) is 6.79. The molecule has 1 N–H and O–H groups in total. The van der Waals surface area contributed by atoms with Crippen LogP contribution in [0, 0.1) is 17.3 Å². The fraction of sp³-hybridized carbons (Fsp3) is 0.714. The van der Waals surface area contributed by atoms with Gasteiger partial charge in [-0.3, -0.25) is 4.79 Å². The highest BCUT2D eigenvalue weighted by molar-refractivity contribution is 5.87. The minimum absolute atomic E-state index is 0.00231. The molecule has 2 aliphatic rings. The molecule has 1 aliphatic heterocycles. The normalized spacial score (nSPS) is 46.5. The maximum absolute atomic E-state index is 10.7. The van der Waals surface area contributed by atoms with Crippen molar-refractivity contribution in [3.8, 4) is 0 Å². The molecule has 1 heterocycles. The lowest BCUT2D eigenvalue weighted by Crippen LogP contribution is -2.24. The Balaban J connectivity index is 2.25. The molecule has 0 aromatic rings. The number of rotatable bonds is 2. The van der Waals surface area contributed by atoms with Crippen LogP contribution in [-0.2, 0) is 9.59 Å². The van der Waals surface area contributed by atoms with E-state index >= 15 is 0 Å². The number of carbonyl (C=O) groups excluding carboxylic acids is 1. The lowest BCUT2D eigenvalue weighted by atomic mass is 10.1. The molecule has 3 unspecified atom stereocenters. The van der Waals surface area contributed by atoms with Crippen LogP contribution in [-0.4, -0.2) is 30.5 Å². The smallest absolute Gasteiger partial charge is 0.312 e. The van der Waals surface area contributed by atoms with Gasteiger partial charge in [0.05, 0.1) is 5.41 Å². The molecular weight excluding hydrogens is 146 g/mol. The van der Waals surface area contributed by atoms with Crippen molar-refractivity contribution in [3.63, 3.8) is 0 Å². The minimum Gasteiger partial charge on any atom is -0.481 e. The molecule has 0 aromatic carbocycles. The van der Waals surface area contributed by atoms with Gasteiger partial charge in [-0.25, -0.2) is 5.32 Å². The molecule has 1 radical (unpaired) electrons. The van der Waals surface area contributed by atoms with Crippen LogP contribution >= 0.6 is 0 Å². The maximum Gasteiger partial charge on any atom is 0.312 e. The Kier molecular flexibility index (Phi) is 1.12. The summed E-state index contributed by atoms with van der Waals surface area (Å²) in [6.45, 7) is 0.881. The molecule has 3 atom stereocenters. The number of piperidine rings is 1. The van der Waals surface area contributed by atoms with Crippen LogP contribution in [0.4, 0.5) is 0 Å². The second-order valence-corrected chi connectivity index (χ2v) is 3.18. The molecule has 1 saturated carbocycles. The molecule has 0 spiro atoms. The van der Waals surface area contributed by atoms with E-state index in [1.165, 1.54) is 0 Å². The van der Waals surface area contributed by atoms with Crippen molar-refractivity contribution in [1.29, 1.82) is 0 Å². The summed E-state index contributed by atoms with van der Waals surface area (Å²) >= 11 is 0. The number of carboxylic acid groups (broad SMARTS) is 1. The van der Waals surface area contributed by atoms with E-state index < -0.39 is 11.4 Å². The zero-order chi connectivity index (χ0) is 8.06. The van der Waals surface area contributed by atoms with Gasteiger partial charge in [0.15, 0.2) is 0 Å². The maximum atomic E-state index is 10.7. The average molecular weight is 154 g/mol. The van der Waals surface area contributed by atoms with E-state index in [4.69, 9.17) is 5.11 Å². The van der Waals surface area contributed by atoms with Gasteiger partial charge >= 0.3 is 5.97 Å². The fourth-order valence-corrected chi connectivity index (χ4v) is 2.02. The van der Waals surface area contributed by atoms with Crippen LogP contribution in [0.2, 0.25) is 0 Å². The summed E-state index contributed by atoms with van der Waals surface area (Å²) in [4.78, 5) is 21.1. The van der Waals surface area contributed by atoms with Crippen LogP contribution in [0.25, 0.3) is 0 Å². The van der Waals surface area contributed by atoms with Gasteiger partial charge in [-0.15, -0.1) is 0 Å². The second-order valence-electron chi connectivity index (χ2n) is 3.18. The second kappa shape index (κ2) is 1.82. The molecule has 1 saturated heterocycles. The van der Waals surface area contributed by atoms with Gasteiger partial charge in [0, 0.05) is 24.9 Å². The van der Waals surface area contributed by atoms with Crippen molar-refractivity contribution in [2.75, 3.05) is 13.1 Å². The van der Waals surface area contributed by atoms with Crippen LogP contribution in [0.5, 0.6) is 0 Å². The van der Waals surface area contributed by atoms with Crippen molar-refractivity contribution < 1.29 is 14.7 Å². The summed E-state index contributed by atoms with van der Waals surface area (Å²) in [5, 5.41) is 12.8. The summed E-state index contributed by atoms with van der Waals surface area (Å²) in [6.07, 6.45) is 0.757. The Labute approximate surface area is 63.6 Å². The summed E-state index contributed by atoms with van der Waals surface area (Å²) in [5.41, 5.74) is -0.790.